The minimum atomic E-state index is -0.0726. The lowest BCUT2D eigenvalue weighted by Crippen LogP contribution is -2.39. The molecule has 2 aliphatic carbocycles. The largest absolute Gasteiger partial charge is 0.342 e. The molecular formula is C13H19NO. The molecule has 0 radical (unpaired) electrons. The standard InChI is InChI=1S/C13H19NO/c1-3-11(4-2)14-13(15)12-8-9-5-6-10(12)7-9/h1,9-12H,4-8H2,2H3,(H,14,15). The van der Waals surface area contributed by atoms with Gasteiger partial charge in [-0.1, -0.05) is 19.3 Å². The highest BCUT2D eigenvalue weighted by Crippen LogP contribution is 2.48. The van der Waals surface area contributed by atoms with Gasteiger partial charge in [-0.05, 0) is 37.5 Å². The third-order valence-corrected chi connectivity index (χ3v) is 4.00. The van der Waals surface area contributed by atoms with E-state index in [9.17, 15) is 4.79 Å². The van der Waals surface area contributed by atoms with Gasteiger partial charge in [-0.15, -0.1) is 6.42 Å². The van der Waals surface area contributed by atoms with E-state index < -0.39 is 0 Å². The van der Waals surface area contributed by atoms with E-state index in [2.05, 4.69) is 11.2 Å². The van der Waals surface area contributed by atoms with Crippen LogP contribution in [-0.4, -0.2) is 11.9 Å². The molecule has 2 nitrogen and oxygen atoms in total. The van der Waals surface area contributed by atoms with E-state index in [0.717, 1.165) is 18.8 Å². The number of terminal acetylenes is 1. The van der Waals surface area contributed by atoms with Crippen LogP contribution in [0.3, 0.4) is 0 Å². The quantitative estimate of drug-likeness (QED) is 0.701. The third kappa shape index (κ3) is 2.02. The first kappa shape index (κ1) is 10.5. The molecule has 0 aromatic heterocycles. The number of amides is 1. The number of hydrogen-bond acceptors (Lipinski definition) is 1. The van der Waals surface area contributed by atoms with Crippen molar-refractivity contribution in [2.75, 3.05) is 0 Å². The van der Waals surface area contributed by atoms with Crippen molar-refractivity contribution < 1.29 is 4.79 Å². The topological polar surface area (TPSA) is 29.1 Å². The minimum absolute atomic E-state index is 0.0726. The fraction of sp³-hybridized carbons (Fsp3) is 0.769. The van der Waals surface area contributed by atoms with Crippen molar-refractivity contribution in [2.24, 2.45) is 17.8 Å². The molecule has 15 heavy (non-hydrogen) atoms. The molecule has 1 amide bonds. The molecule has 0 aliphatic heterocycles. The first-order valence-corrected chi connectivity index (χ1v) is 6.01. The molecule has 2 rings (SSSR count). The van der Waals surface area contributed by atoms with Crippen LogP contribution in [0.25, 0.3) is 0 Å². The van der Waals surface area contributed by atoms with Crippen LogP contribution in [0.1, 0.15) is 39.0 Å². The van der Waals surface area contributed by atoms with Crippen molar-refractivity contribution >= 4 is 5.91 Å². The molecule has 2 fully saturated rings. The summed E-state index contributed by atoms with van der Waals surface area (Å²) >= 11 is 0. The van der Waals surface area contributed by atoms with Crippen molar-refractivity contribution in [1.29, 1.82) is 0 Å². The Morgan fingerprint density at radius 1 is 1.53 bits per heavy atom. The predicted octanol–water partition coefficient (Wildman–Crippen LogP) is 1.95. The number of nitrogens with one attached hydrogen (secondary N) is 1. The van der Waals surface area contributed by atoms with Crippen molar-refractivity contribution in [1.82, 2.24) is 5.32 Å². The second-order valence-corrected chi connectivity index (χ2v) is 4.92. The summed E-state index contributed by atoms with van der Waals surface area (Å²) in [7, 11) is 0. The lowest BCUT2D eigenvalue weighted by atomic mass is 9.88. The average molecular weight is 205 g/mol. The molecule has 2 bridgehead atoms. The Kier molecular flexibility index (Phi) is 3.00. The number of fused-ring (bicyclic) bond motifs is 2. The lowest BCUT2D eigenvalue weighted by molar-refractivity contribution is -0.126. The summed E-state index contributed by atoms with van der Waals surface area (Å²) < 4.78 is 0. The van der Waals surface area contributed by atoms with Gasteiger partial charge in [0.15, 0.2) is 0 Å². The summed E-state index contributed by atoms with van der Waals surface area (Å²) in [6, 6.07) is -0.0726. The Hall–Kier alpha value is -0.970. The second-order valence-electron chi connectivity index (χ2n) is 4.92. The van der Waals surface area contributed by atoms with E-state index >= 15 is 0 Å². The van der Waals surface area contributed by atoms with Gasteiger partial charge >= 0.3 is 0 Å². The van der Waals surface area contributed by atoms with Crippen LogP contribution < -0.4 is 5.32 Å². The highest BCUT2D eigenvalue weighted by atomic mass is 16.2. The normalized spacial score (nSPS) is 34.8. The van der Waals surface area contributed by atoms with E-state index in [1.54, 1.807) is 0 Å². The van der Waals surface area contributed by atoms with Crippen LogP contribution in [-0.2, 0) is 4.79 Å². The molecule has 0 heterocycles. The highest BCUT2D eigenvalue weighted by Gasteiger charge is 2.43. The fourth-order valence-corrected chi connectivity index (χ4v) is 3.11. The van der Waals surface area contributed by atoms with Gasteiger partial charge in [-0.3, -0.25) is 4.79 Å². The zero-order valence-electron chi connectivity index (χ0n) is 9.33. The molecule has 0 aromatic carbocycles. The van der Waals surface area contributed by atoms with Gasteiger partial charge < -0.3 is 5.32 Å². The summed E-state index contributed by atoms with van der Waals surface area (Å²) in [5.74, 6) is 4.53. The first-order chi connectivity index (χ1) is 7.24. The van der Waals surface area contributed by atoms with E-state index in [1.165, 1.54) is 19.3 Å². The van der Waals surface area contributed by atoms with Gasteiger partial charge in [-0.2, -0.15) is 0 Å². The Balaban J connectivity index is 1.89. The van der Waals surface area contributed by atoms with Crippen molar-refractivity contribution in [3.05, 3.63) is 0 Å². The fourth-order valence-electron chi connectivity index (χ4n) is 3.11. The van der Waals surface area contributed by atoms with Crippen LogP contribution in [0.2, 0.25) is 0 Å². The highest BCUT2D eigenvalue weighted by molar-refractivity contribution is 5.80. The second kappa shape index (κ2) is 4.26. The Morgan fingerprint density at radius 2 is 2.33 bits per heavy atom. The van der Waals surface area contributed by atoms with Crippen molar-refractivity contribution in [3.8, 4) is 12.3 Å². The van der Waals surface area contributed by atoms with Crippen LogP contribution >= 0.6 is 0 Å². The first-order valence-electron chi connectivity index (χ1n) is 6.01. The Labute approximate surface area is 91.8 Å². The zero-order chi connectivity index (χ0) is 10.8. The van der Waals surface area contributed by atoms with Gasteiger partial charge in [0.1, 0.15) is 0 Å². The summed E-state index contributed by atoms with van der Waals surface area (Å²) in [5.41, 5.74) is 0. The number of hydrogen-bond donors (Lipinski definition) is 1. The molecule has 1 N–H and O–H groups in total. The lowest BCUT2D eigenvalue weighted by Gasteiger charge is -2.22. The minimum Gasteiger partial charge on any atom is -0.342 e. The Bertz CT molecular complexity index is 291. The molecule has 2 saturated carbocycles. The maximum Gasteiger partial charge on any atom is 0.224 e. The SMILES string of the molecule is C#CC(CC)NC(=O)C1CC2CCC1C2. The van der Waals surface area contributed by atoms with E-state index in [4.69, 9.17) is 6.42 Å². The smallest absolute Gasteiger partial charge is 0.224 e. The van der Waals surface area contributed by atoms with Crippen molar-refractivity contribution in [3.63, 3.8) is 0 Å². The van der Waals surface area contributed by atoms with Gasteiger partial charge in [-0.25, -0.2) is 0 Å². The molecule has 0 saturated heterocycles. The van der Waals surface area contributed by atoms with Crippen LogP contribution in [0.5, 0.6) is 0 Å². The average Bonchev–Trinajstić information content (AvgIpc) is 2.87. The van der Waals surface area contributed by atoms with Gasteiger partial charge in [0.25, 0.3) is 0 Å². The maximum absolute atomic E-state index is 12.0. The number of carbonyl (C=O) groups is 1. The predicted molar refractivity (Wildman–Crippen MR) is 60.0 cm³/mol. The number of rotatable bonds is 3. The molecular weight excluding hydrogens is 186 g/mol. The van der Waals surface area contributed by atoms with Gasteiger partial charge in [0, 0.05) is 5.92 Å². The van der Waals surface area contributed by atoms with E-state index in [1.807, 2.05) is 6.92 Å². The zero-order valence-corrected chi connectivity index (χ0v) is 9.33. The third-order valence-electron chi connectivity index (χ3n) is 4.00. The van der Waals surface area contributed by atoms with Crippen LogP contribution in [0.4, 0.5) is 0 Å². The molecule has 4 unspecified atom stereocenters. The van der Waals surface area contributed by atoms with E-state index in [-0.39, 0.29) is 17.9 Å². The van der Waals surface area contributed by atoms with Crippen LogP contribution in [0, 0.1) is 30.1 Å². The monoisotopic (exact) mass is 205 g/mol. The van der Waals surface area contributed by atoms with Crippen molar-refractivity contribution in [2.45, 2.75) is 45.1 Å². The van der Waals surface area contributed by atoms with Gasteiger partial charge in [0.2, 0.25) is 5.91 Å². The molecule has 2 aliphatic rings. The Morgan fingerprint density at radius 3 is 2.80 bits per heavy atom. The van der Waals surface area contributed by atoms with E-state index in [0.29, 0.717) is 5.92 Å². The number of carbonyl (C=O) groups excluding carboxylic acids is 1. The summed E-state index contributed by atoms with van der Waals surface area (Å²) in [4.78, 5) is 12.0. The molecule has 4 atom stereocenters. The van der Waals surface area contributed by atoms with Gasteiger partial charge in [0.05, 0.1) is 6.04 Å². The molecule has 82 valence electrons. The summed E-state index contributed by atoms with van der Waals surface area (Å²) in [6.07, 6.45) is 11.1. The molecule has 2 heteroatoms. The molecule has 0 spiro atoms. The summed E-state index contributed by atoms with van der Waals surface area (Å²) in [5, 5.41) is 2.97. The van der Waals surface area contributed by atoms with Crippen LogP contribution in [0.15, 0.2) is 0 Å². The summed E-state index contributed by atoms with van der Waals surface area (Å²) in [6.45, 7) is 2.01. The molecule has 0 aromatic rings. The maximum atomic E-state index is 12.0.